The quantitative estimate of drug-likeness (QED) is 0.756. The van der Waals surface area contributed by atoms with Crippen LogP contribution >= 0.6 is 11.6 Å². The number of nitrogens with zero attached hydrogens (tertiary/aromatic N) is 2. The van der Waals surface area contributed by atoms with Crippen LogP contribution in [0.1, 0.15) is 59.1 Å². The Morgan fingerprint density at radius 1 is 1.29 bits per heavy atom. The molecule has 0 saturated carbocycles. The Labute approximate surface area is 171 Å². The van der Waals surface area contributed by atoms with Gasteiger partial charge in [-0.25, -0.2) is 4.79 Å². The van der Waals surface area contributed by atoms with E-state index in [-0.39, 0.29) is 17.4 Å². The molecular weight excluding hydrogens is 378 g/mol. The molecule has 1 fully saturated rings. The molecule has 0 radical (unpaired) electrons. The molecule has 1 atom stereocenters. The minimum atomic E-state index is -0.702. The summed E-state index contributed by atoms with van der Waals surface area (Å²) >= 11 is 6.26. The molecule has 0 spiro atoms. The van der Waals surface area contributed by atoms with Crippen molar-refractivity contribution in [3.63, 3.8) is 0 Å². The molecule has 154 valence electrons. The summed E-state index contributed by atoms with van der Waals surface area (Å²) in [6, 6.07) is 3.65. The zero-order chi connectivity index (χ0) is 20.7. The van der Waals surface area contributed by atoms with E-state index >= 15 is 0 Å². The number of likely N-dealkylation sites (tertiary alicyclic amines) is 1. The third-order valence-electron chi connectivity index (χ3n) is 5.74. The lowest BCUT2D eigenvalue weighted by molar-refractivity contribution is -0.0254. The predicted octanol–water partition coefficient (Wildman–Crippen LogP) is 4.92. The number of carbonyl (C=O) groups is 1. The first kappa shape index (κ1) is 20.9. The molecular formula is C21H30ClN3O3. The molecule has 2 N–H and O–H groups in total. The molecule has 1 aromatic heterocycles. The summed E-state index contributed by atoms with van der Waals surface area (Å²) in [4.78, 5) is 14.1. The lowest BCUT2D eigenvalue weighted by Gasteiger charge is -2.43. The normalized spacial score (nSPS) is 17.8. The van der Waals surface area contributed by atoms with Gasteiger partial charge in [0.15, 0.2) is 0 Å². The summed E-state index contributed by atoms with van der Waals surface area (Å²) < 4.78 is 5.48. The summed E-state index contributed by atoms with van der Waals surface area (Å²) in [6.07, 6.45) is 2.38. The van der Waals surface area contributed by atoms with Crippen molar-refractivity contribution in [1.82, 2.24) is 15.1 Å². The third kappa shape index (κ3) is 4.28. The summed E-state index contributed by atoms with van der Waals surface area (Å²) in [5.74, 6) is 0.262. The molecule has 1 amide bonds. The summed E-state index contributed by atoms with van der Waals surface area (Å²) in [7, 11) is 0. The molecule has 6 nitrogen and oxygen atoms in total. The Morgan fingerprint density at radius 3 is 2.54 bits per heavy atom. The molecule has 1 aromatic carbocycles. The van der Waals surface area contributed by atoms with Crippen LogP contribution in [-0.4, -0.2) is 45.0 Å². The number of fused-ring (bicyclic) bond motifs is 1. The van der Waals surface area contributed by atoms with Crippen molar-refractivity contribution >= 4 is 28.6 Å². The van der Waals surface area contributed by atoms with Gasteiger partial charge in [0.1, 0.15) is 5.60 Å². The van der Waals surface area contributed by atoms with Crippen LogP contribution in [-0.2, 0) is 4.74 Å². The highest BCUT2D eigenvalue weighted by Crippen LogP contribution is 2.46. The average molecular weight is 408 g/mol. The SMILES string of the molecule is CC(C)(C)OC(=O)N1CCC(C(C)(C)[C@H](O)c2cc(Cl)cc3cn[nH]c23)CC1. The lowest BCUT2D eigenvalue weighted by Crippen LogP contribution is -2.45. The van der Waals surface area contributed by atoms with Gasteiger partial charge in [0.25, 0.3) is 0 Å². The van der Waals surface area contributed by atoms with Gasteiger partial charge in [0.2, 0.25) is 0 Å². The van der Waals surface area contributed by atoms with Crippen molar-refractivity contribution in [1.29, 1.82) is 0 Å². The summed E-state index contributed by atoms with van der Waals surface area (Å²) in [5, 5.41) is 19.8. The number of aromatic amines is 1. The topological polar surface area (TPSA) is 78.4 Å². The van der Waals surface area contributed by atoms with Gasteiger partial charge in [-0.3, -0.25) is 5.10 Å². The van der Waals surface area contributed by atoms with Gasteiger partial charge < -0.3 is 14.7 Å². The standard InChI is InChI=1S/C21H30ClN3O3/c1-20(2,3)28-19(27)25-8-6-14(7-9-25)21(4,5)18(26)16-11-15(22)10-13-12-23-24-17(13)16/h10-12,14,18,26H,6-9H2,1-5H3,(H,23,24)/t18-/m1/s1. The van der Waals surface area contributed by atoms with Crippen molar-refractivity contribution in [2.75, 3.05) is 13.1 Å². The van der Waals surface area contributed by atoms with Gasteiger partial charge >= 0.3 is 6.09 Å². The zero-order valence-corrected chi connectivity index (χ0v) is 18.0. The summed E-state index contributed by atoms with van der Waals surface area (Å²) in [5.41, 5.74) is 0.699. The first-order valence-electron chi connectivity index (χ1n) is 9.77. The average Bonchev–Trinajstić information content (AvgIpc) is 3.07. The van der Waals surface area contributed by atoms with Crippen molar-refractivity contribution in [3.8, 4) is 0 Å². The molecule has 1 aliphatic heterocycles. The zero-order valence-electron chi connectivity index (χ0n) is 17.3. The Kier molecular flexibility index (Phi) is 5.65. The number of rotatable bonds is 3. The maximum Gasteiger partial charge on any atom is 0.410 e. The van der Waals surface area contributed by atoms with Crippen LogP contribution in [0.3, 0.4) is 0 Å². The first-order chi connectivity index (χ1) is 13.0. The Hall–Kier alpha value is -1.79. The number of ether oxygens (including phenoxy) is 1. The second-order valence-electron chi connectivity index (χ2n) is 9.29. The van der Waals surface area contributed by atoms with E-state index in [1.54, 1.807) is 11.1 Å². The first-order valence-corrected chi connectivity index (χ1v) is 10.2. The van der Waals surface area contributed by atoms with E-state index in [2.05, 4.69) is 24.0 Å². The Balaban J connectivity index is 1.73. The number of halogens is 1. The highest BCUT2D eigenvalue weighted by atomic mass is 35.5. The van der Waals surface area contributed by atoms with E-state index in [9.17, 15) is 9.90 Å². The van der Waals surface area contributed by atoms with Crippen LogP contribution < -0.4 is 0 Å². The van der Waals surface area contributed by atoms with Crippen molar-refractivity contribution < 1.29 is 14.6 Å². The Bertz CT molecular complexity index is 848. The number of nitrogens with one attached hydrogen (secondary N) is 1. The van der Waals surface area contributed by atoms with E-state index in [1.165, 1.54) is 0 Å². The molecule has 28 heavy (non-hydrogen) atoms. The maximum absolute atomic E-state index is 12.3. The number of hydrogen-bond donors (Lipinski definition) is 2. The minimum Gasteiger partial charge on any atom is -0.444 e. The van der Waals surface area contributed by atoms with Crippen LogP contribution in [0, 0.1) is 11.3 Å². The number of aromatic nitrogens is 2. The van der Waals surface area contributed by atoms with E-state index in [1.807, 2.05) is 32.9 Å². The molecule has 7 heteroatoms. The number of amides is 1. The van der Waals surface area contributed by atoms with E-state index < -0.39 is 11.7 Å². The number of piperidine rings is 1. The van der Waals surface area contributed by atoms with E-state index in [4.69, 9.17) is 16.3 Å². The molecule has 2 heterocycles. The second kappa shape index (κ2) is 7.56. The van der Waals surface area contributed by atoms with Gasteiger partial charge in [-0.15, -0.1) is 0 Å². The monoisotopic (exact) mass is 407 g/mol. The minimum absolute atomic E-state index is 0.262. The van der Waals surface area contributed by atoms with Crippen molar-refractivity contribution in [2.45, 2.75) is 59.2 Å². The maximum atomic E-state index is 12.3. The van der Waals surface area contributed by atoms with E-state index in [0.717, 1.165) is 29.3 Å². The number of hydrogen-bond acceptors (Lipinski definition) is 4. The Morgan fingerprint density at radius 2 is 1.93 bits per heavy atom. The molecule has 0 bridgehead atoms. The van der Waals surface area contributed by atoms with Gasteiger partial charge in [-0.05, 0) is 57.1 Å². The highest BCUT2D eigenvalue weighted by Gasteiger charge is 2.40. The number of aliphatic hydroxyl groups is 1. The molecule has 0 unspecified atom stereocenters. The fraction of sp³-hybridized carbons (Fsp3) is 0.619. The van der Waals surface area contributed by atoms with Crippen LogP contribution in [0.2, 0.25) is 5.02 Å². The van der Waals surface area contributed by atoms with Crippen molar-refractivity contribution in [2.24, 2.45) is 11.3 Å². The van der Waals surface area contributed by atoms with Crippen LogP contribution in [0.5, 0.6) is 0 Å². The number of carbonyl (C=O) groups excluding carboxylic acids is 1. The smallest absolute Gasteiger partial charge is 0.410 e. The van der Waals surface area contributed by atoms with Gasteiger partial charge in [0, 0.05) is 29.1 Å². The molecule has 2 aromatic rings. The fourth-order valence-corrected chi connectivity index (χ4v) is 4.25. The molecule has 0 aliphatic carbocycles. The van der Waals surface area contributed by atoms with Gasteiger partial charge in [-0.1, -0.05) is 25.4 Å². The second-order valence-corrected chi connectivity index (χ2v) is 9.73. The van der Waals surface area contributed by atoms with E-state index in [0.29, 0.717) is 18.1 Å². The number of benzene rings is 1. The third-order valence-corrected chi connectivity index (χ3v) is 5.96. The van der Waals surface area contributed by atoms with Crippen LogP contribution in [0.15, 0.2) is 18.3 Å². The fourth-order valence-electron chi connectivity index (χ4n) is 4.02. The molecule has 1 saturated heterocycles. The van der Waals surface area contributed by atoms with Crippen LogP contribution in [0.4, 0.5) is 4.79 Å². The number of aliphatic hydroxyl groups excluding tert-OH is 1. The molecule has 1 aliphatic rings. The molecule has 3 rings (SSSR count). The van der Waals surface area contributed by atoms with Crippen LogP contribution in [0.25, 0.3) is 10.9 Å². The van der Waals surface area contributed by atoms with Crippen molar-refractivity contribution in [3.05, 3.63) is 28.9 Å². The summed E-state index contributed by atoms with van der Waals surface area (Å²) in [6.45, 7) is 11.0. The predicted molar refractivity (Wildman–Crippen MR) is 110 cm³/mol. The largest absolute Gasteiger partial charge is 0.444 e. The van der Waals surface area contributed by atoms with Gasteiger partial charge in [-0.2, -0.15) is 5.10 Å². The number of H-pyrrole nitrogens is 1. The highest BCUT2D eigenvalue weighted by molar-refractivity contribution is 6.31. The lowest BCUT2D eigenvalue weighted by atomic mass is 9.68. The van der Waals surface area contributed by atoms with Gasteiger partial charge in [0.05, 0.1) is 17.8 Å².